The van der Waals surface area contributed by atoms with Crippen LogP contribution in [-0.4, -0.2) is 10.5 Å². The molecule has 0 aliphatic rings. The number of rotatable bonds is 3. The van der Waals surface area contributed by atoms with Crippen LogP contribution in [0.1, 0.15) is 44.4 Å². The van der Waals surface area contributed by atoms with Gasteiger partial charge in [-0.05, 0) is 54.3 Å². The summed E-state index contributed by atoms with van der Waals surface area (Å²) in [7, 11) is 1.96. The molecule has 0 atom stereocenters. The molecule has 0 spiro atoms. The van der Waals surface area contributed by atoms with Gasteiger partial charge in [0.25, 0.3) is 5.91 Å². The SMILES string of the molecule is C/C(=C\c1cn(C)c2ccc(C#N)cc12)C(=O)Nc1ccc(C(C)(C)C)cc1. The summed E-state index contributed by atoms with van der Waals surface area (Å²) < 4.78 is 2.00. The molecule has 28 heavy (non-hydrogen) atoms. The van der Waals surface area contributed by atoms with Crippen molar-refractivity contribution in [1.82, 2.24) is 4.57 Å². The minimum absolute atomic E-state index is 0.0784. The van der Waals surface area contributed by atoms with Crippen LogP contribution in [0.15, 0.2) is 54.2 Å². The van der Waals surface area contributed by atoms with Gasteiger partial charge in [0.1, 0.15) is 0 Å². The number of fused-ring (bicyclic) bond motifs is 1. The number of benzene rings is 2. The Morgan fingerprint density at radius 2 is 1.82 bits per heavy atom. The van der Waals surface area contributed by atoms with E-state index in [0.29, 0.717) is 11.1 Å². The first-order chi connectivity index (χ1) is 13.2. The molecule has 0 radical (unpaired) electrons. The van der Waals surface area contributed by atoms with Crippen molar-refractivity contribution in [3.8, 4) is 6.07 Å². The molecule has 1 heterocycles. The van der Waals surface area contributed by atoms with Crippen LogP contribution in [0, 0.1) is 11.3 Å². The zero-order valence-electron chi connectivity index (χ0n) is 17.0. The predicted octanol–water partition coefficient (Wildman–Crippen LogP) is 5.39. The van der Waals surface area contributed by atoms with Crippen LogP contribution in [0.5, 0.6) is 0 Å². The van der Waals surface area contributed by atoms with Crippen molar-refractivity contribution in [3.63, 3.8) is 0 Å². The number of nitrogens with one attached hydrogen (secondary N) is 1. The first-order valence-corrected chi connectivity index (χ1v) is 9.28. The fraction of sp³-hybridized carbons (Fsp3) is 0.250. The first-order valence-electron chi connectivity index (χ1n) is 9.28. The van der Waals surface area contributed by atoms with E-state index in [2.05, 4.69) is 32.2 Å². The van der Waals surface area contributed by atoms with E-state index in [1.54, 1.807) is 13.0 Å². The lowest BCUT2D eigenvalue weighted by atomic mass is 9.87. The maximum atomic E-state index is 12.6. The van der Waals surface area contributed by atoms with E-state index in [1.165, 1.54) is 5.56 Å². The van der Waals surface area contributed by atoms with E-state index in [-0.39, 0.29) is 11.3 Å². The third-order valence-corrected chi connectivity index (χ3v) is 4.89. The zero-order chi connectivity index (χ0) is 20.5. The van der Waals surface area contributed by atoms with Crippen LogP contribution in [0.25, 0.3) is 17.0 Å². The number of carbonyl (C=O) groups is 1. The fourth-order valence-corrected chi connectivity index (χ4v) is 3.19. The Hall–Kier alpha value is -3.32. The van der Waals surface area contributed by atoms with Gasteiger partial charge >= 0.3 is 0 Å². The van der Waals surface area contributed by atoms with Crippen molar-refractivity contribution in [2.45, 2.75) is 33.1 Å². The maximum Gasteiger partial charge on any atom is 0.251 e. The minimum atomic E-state index is -0.142. The molecule has 4 heteroatoms. The Morgan fingerprint density at radius 3 is 2.43 bits per heavy atom. The van der Waals surface area contributed by atoms with E-state index in [0.717, 1.165) is 22.2 Å². The van der Waals surface area contributed by atoms with Gasteiger partial charge in [-0.25, -0.2) is 0 Å². The number of hydrogen-bond acceptors (Lipinski definition) is 2. The summed E-state index contributed by atoms with van der Waals surface area (Å²) in [5, 5.41) is 13.1. The maximum absolute atomic E-state index is 12.6. The average molecular weight is 371 g/mol. The topological polar surface area (TPSA) is 57.8 Å². The van der Waals surface area contributed by atoms with Crippen LogP contribution in [0.2, 0.25) is 0 Å². The predicted molar refractivity (Wildman–Crippen MR) is 115 cm³/mol. The highest BCUT2D eigenvalue weighted by molar-refractivity contribution is 6.07. The molecule has 0 bridgehead atoms. The van der Waals surface area contributed by atoms with Crippen molar-refractivity contribution in [2.24, 2.45) is 7.05 Å². The molecule has 0 unspecified atom stereocenters. The molecule has 4 nitrogen and oxygen atoms in total. The lowest BCUT2D eigenvalue weighted by Gasteiger charge is -2.19. The van der Waals surface area contributed by atoms with Crippen molar-refractivity contribution in [2.75, 3.05) is 5.32 Å². The fourth-order valence-electron chi connectivity index (χ4n) is 3.19. The summed E-state index contributed by atoms with van der Waals surface area (Å²) in [5.74, 6) is -0.142. The quantitative estimate of drug-likeness (QED) is 0.628. The molecular formula is C24H25N3O. The number of hydrogen-bond donors (Lipinski definition) is 1. The Kier molecular flexibility index (Phi) is 5.11. The van der Waals surface area contributed by atoms with E-state index in [9.17, 15) is 4.79 Å². The normalized spacial score (nSPS) is 12.1. The Balaban J connectivity index is 1.84. The molecule has 0 fully saturated rings. The summed E-state index contributed by atoms with van der Waals surface area (Å²) in [6.45, 7) is 8.28. The van der Waals surface area contributed by atoms with Crippen LogP contribution in [0.3, 0.4) is 0 Å². The highest BCUT2D eigenvalue weighted by atomic mass is 16.1. The van der Waals surface area contributed by atoms with Gasteiger partial charge in [0, 0.05) is 41.0 Å². The van der Waals surface area contributed by atoms with Crippen molar-refractivity contribution >= 4 is 28.6 Å². The molecule has 2 aromatic carbocycles. The number of aryl methyl sites for hydroxylation is 1. The number of amides is 1. The van der Waals surface area contributed by atoms with Crippen molar-refractivity contribution in [1.29, 1.82) is 5.26 Å². The van der Waals surface area contributed by atoms with E-state index in [1.807, 2.05) is 60.3 Å². The molecule has 1 aromatic heterocycles. The molecular weight excluding hydrogens is 346 g/mol. The van der Waals surface area contributed by atoms with Gasteiger partial charge in [-0.1, -0.05) is 32.9 Å². The summed E-state index contributed by atoms with van der Waals surface area (Å²) in [5.41, 5.74) is 5.23. The van der Waals surface area contributed by atoms with E-state index >= 15 is 0 Å². The Bertz CT molecular complexity index is 1100. The molecule has 142 valence electrons. The Labute approximate surface area is 166 Å². The summed E-state index contributed by atoms with van der Waals surface area (Å²) in [4.78, 5) is 12.6. The number of nitriles is 1. The first kappa shape index (κ1) is 19.4. The van der Waals surface area contributed by atoms with Crippen LogP contribution in [-0.2, 0) is 17.3 Å². The second kappa shape index (κ2) is 7.36. The van der Waals surface area contributed by atoms with Gasteiger partial charge in [-0.15, -0.1) is 0 Å². The van der Waals surface area contributed by atoms with E-state index < -0.39 is 0 Å². The monoisotopic (exact) mass is 371 g/mol. The standard InChI is InChI=1S/C24H25N3O/c1-16(23(28)26-20-9-7-19(8-10-20)24(2,3)4)12-18-15-27(5)22-11-6-17(14-25)13-21(18)22/h6-13,15H,1-5H3,(H,26,28)/b16-12+. The largest absolute Gasteiger partial charge is 0.350 e. The summed E-state index contributed by atoms with van der Waals surface area (Å²) >= 11 is 0. The van der Waals surface area contributed by atoms with Crippen LogP contribution >= 0.6 is 0 Å². The second-order valence-corrected chi connectivity index (χ2v) is 8.15. The molecule has 3 rings (SSSR count). The van der Waals surface area contributed by atoms with E-state index in [4.69, 9.17) is 5.26 Å². The van der Waals surface area contributed by atoms with Crippen LogP contribution < -0.4 is 5.32 Å². The van der Waals surface area contributed by atoms with Gasteiger partial charge in [0.05, 0.1) is 11.6 Å². The number of aromatic nitrogens is 1. The lowest BCUT2D eigenvalue weighted by Crippen LogP contribution is -2.14. The highest BCUT2D eigenvalue weighted by Crippen LogP contribution is 2.25. The third kappa shape index (κ3) is 3.99. The lowest BCUT2D eigenvalue weighted by molar-refractivity contribution is -0.112. The average Bonchev–Trinajstić information content (AvgIpc) is 2.96. The molecule has 1 amide bonds. The molecule has 0 saturated heterocycles. The summed E-state index contributed by atoms with van der Waals surface area (Å²) in [6, 6.07) is 15.7. The van der Waals surface area contributed by atoms with Crippen molar-refractivity contribution in [3.05, 3.63) is 70.9 Å². The molecule has 0 aliphatic carbocycles. The molecule has 0 aliphatic heterocycles. The van der Waals surface area contributed by atoms with Gasteiger partial charge in [0.15, 0.2) is 0 Å². The smallest absolute Gasteiger partial charge is 0.251 e. The number of nitrogens with zero attached hydrogens (tertiary/aromatic N) is 2. The second-order valence-electron chi connectivity index (χ2n) is 8.15. The van der Waals surface area contributed by atoms with Crippen LogP contribution in [0.4, 0.5) is 5.69 Å². The highest BCUT2D eigenvalue weighted by Gasteiger charge is 2.14. The summed E-state index contributed by atoms with van der Waals surface area (Å²) in [6.07, 6.45) is 3.84. The Morgan fingerprint density at radius 1 is 1.14 bits per heavy atom. The van der Waals surface area contributed by atoms with Gasteiger partial charge in [-0.3, -0.25) is 4.79 Å². The van der Waals surface area contributed by atoms with Gasteiger partial charge in [-0.2, -0.15) is 5.26 Å². The molecule has 1 N–H and O–H groups in total. The van der Waals surface area contributed by atoms with Gasteiger partial charge < -0.3 is 9.88 Å². The number of anilines is 1. The zero-order valence-corrected chi connectivity index (χ0v) is 17.0. The molecule has 0 saturated carbocycles. The van der Waals surface area contributed by atoms with Gasteiger partial charge in [0.2, 0.25) is 0 Å². The minimum Gasteiger partial charge on any atom is -0.350 e. The molecule has 3 aromatic rings. The number of carbonyl (C=O) groups excluding carboxylic acids is 1. The third-order valence-electron chi connectivity index (χ3n) is 4.89. The van der Waals surface area contributed by atoms with Crippen molar-refractivity contribution < 1.29 is 4.79 Å².